The highest BCUT2D eigenvalue weighted by Crippen LogP contribution is 2.14. The van der Waals surface area contributed by atoms with Crippen LogP contribution in [0.25, 0.3) is 0 Å². The van der Waals surface area contributed by atoms with E-state index in [0.717, 1.165) is 77.7 Å². The van der Waals surface area contributed by atoms with Crippen molar-refractivity contribution in [2.45, 2.75) is 59.1 Å². The number of guanidine groups is 1. The maximum Gasteiger partial charge on any atom is 0.193 e. The lowest BCUT2D eigenvalue weighted by molar-refractivity contribution is 0.00989. The number of piperidine rings is 1. The first-order valence-electron chi connectivity index (χ1n) is 10.0. The number of ether oxygens (including phenoxy) is 2. The summed E-state index contributed by atoms with van der Waals surface area (Å²) in [6, 6.07) is 0.477. The van der Waals surface area contributed by atoms with E-state index in [1.165, 1.54) is 0 Å². The summed E-state index contributed by atoms with van der Waals surface area (Å²) < 4.78 is 11.0. The molecule has 148 valence electrons. The van der Waals surface area contributed by atoms with E-state index in [1.807, 2.05) is 0 Å². The molecule has 1 rings (SSSR count). The average molecular weight is 357 g/mol. The molecule has 1 aliphatic rings. The van der Waals surface area contributed by atoms with E-state index in [0.29, 0.717) is 12.1 Å². The zero-order valence-corrected chi connectivity index (χ0v) is 17.1. The third kappa shape index (κ3) is 8.38. The molecule has 0 aromatic carbocycles. The van der Waals surface area contributed by atoms with Crippen molar-refractivity contribution in [3.05, 3.63) is 0 Å². The first kappa shape index (κ1) is 22.2. The molecule has 1 N–H and O–H groups in total. The van der Waals surface area contributed by atoms with Crippen molar-refractivity contribution >= 4 is 5.96 Å². The monoisotopic (exact) mass is 356 g/mol. The number of rotatable bonds is 11. The molecule has 0 aliphatic carbocycles. The second-order valence-corrected chi connectivity index (χ2v) is 6.67. The Labute approximate surface area is 154 Å². The summed E-state index contributed by atoms with van der Waals surface area (Å²) >= 11 is 0. The van der Waals surface area contributed by atoms with Gasteiger partial charge in [-0.1, -0.05) is 13.8 Å². The van der Waals surface area contributed by atoms with Gasteiger partial charge in [0.15, 0.2) is 5.96 Å². The fourth-order valence-electron chi connectivity index (χ4n) is 3.29. The van der Waals surface area contributed by atoms with E-state index < -0.39 is 0 Å². The number of hydrogen-bond acceptors (Lipinski definition) is 4. The zero-order chi connectivity index (χ0) is 18.5. The van der Waals surface area contributed by atoms with Crippen LogP contribution >= 0.6 is 0 Å². The Hall–Kier alpha value is -0.850. The van der Waals surface area contributed by atoms with Crippen LogP contribution in [0.2, 0.25) is 0 Å². The second kappa shape index (κ2) is 13.4. The summed E-state index contributed by atoms with van der Waals surface area (Å²) in [6.07, 6.45) is 3.50. The molecule has 0 aromatic heterocycles. The molecule has 0 radical (unpaired) electrons. The lowest BCUT2D eigenvalue weighted by Crippen LogP contribution is -2.47. The minimum absolute atomic E-state index is 0.380. The number of likely N-dealkylation sites (N-methyl/N-ethyl adjacent to an activating group) is 1. The number of nitrogens with one attached hydrogen (secondary N) is 1. The molecule has 0 amide bonds. The maximum absolute atomic E-state index is 5.96. The Bertz CT molecular complexity index is 353. The number of hydrogen-bond donors (Lipinski definition) is 1. The molecular weight excluding hydrogens is 316 g/mol. The van der Waals surface area contributed by atoms with E-state index in [-0.39, 0.29) is 0 Å². The third-order valence-corrected chi connectivity index (χ3v) is 4.86. The first-order valence-corrected chi connectivity index (χ1v) is 10.0. The molecule has 1 unspecified atom stereocenters. The van der Waals surface area contributed by atoms with Gasteiger partial charge >= 0.3 is 0 Å². The van der Waals surface area contributed by atoms with Gasteiger partial charge < -0.3 is 19.7 Å². The summed E-state index contributed by atoms with van der Waals surface area (Å²) in [5.74, 6) is 1.05. The molecule has 6 heteroatoms. The lowest BCUT2D eigenvalue weighted by Gasteiger charge is -2.34. The van der Waals surface area contributed by atoms with Crippen LogP contribution in [-0.2, 0) is 9.47 Å². The highest BCUT2D eigenvalue weighted by molar-refractivity contribution is 5.80. The minimum atomic E-state index is 0.380. The molecule has 25 heavy (non-hydrogen) atoms. The smallest absolute Gasteiger partial charge is 0.193 e. The summed E-state index contributed by atoms with van der Waals surface area (Å²) in [7, 11) is 1.74. The van der Waals surface area contributed by atoms with Crippen molar-refractivity contribution in [2.75, 3.05) is 59.6 Å². The second-order valence-electron chi connectivity index (χ2n) is 6.67. The van der Waals surface area contributed by atoms with Crippen LogP contribution in [0.15, 0.2) is 4.99 Å². The van der Waals surface area contributed by atoms with Gasteiger partial charge in [0.05, 0.1) is 12.6 Å². The molecule has 6 nitrogen and oxygen atoms in total. The molecule has 1 atom stereocenters. The first-order chi connectivity index (χ1) is 12.2. The zero-order valence-electron chi connectivity index (χ0n) is 17.1. The van der Waals surface area contributed by atoms with Crippen LogP contribution in [0.5, 0.6) is 0 Å². The van der Waals surface area contributed by atoms with Crippen molar-refractivity contribution in [3.63, 3.8) is 0 Å². The fraction of sp³-hybridized carbons (Fsp3) is 0.947. The molecule has 0 saturated carbocycles. The van der Waals surface area contributed by atoms with Gasteiger partial charge in [0, 0.05) is 46.0 Å². The Morgan fingerprint density at radius 2 is 1.88 bits per heavy atom. The molecule has 1 aliphatic heterocycles. The van der Waals surface area contributed by atoms with Crippen molar-refractivity contribution in [2.24, 2.45) is 4.99 Å². The van der Waals surface area contributed by atoms with E-state index >= 15 is 0 Å². The SMILES string of the molecule is CCNC(=NCC(C)N(CC)CC)N1CCC(OCCCOC)CC1. The van der Waals surface area contributed by atoms with Crippen LogP contribution in [0.4, 0.5) is 0 Å². The van der Waals surface area contributed by atoms with Crippen LogP contribution in [0.3, 0.4) is 0 Å². The van der Waals surface area contributed by atoms with Crippen molar-refractivity contribution in [3.8, 4) is 0 Å². The normalized spacial score (nSPS) is 18.0. The predicted octanol–water partition coefficient (Wildman–Crippen LogP) is 2.20. The Morgan fingerprint density at radius 1 is 1.20 bits per heavy atom. The summed E-state index contributed by atoms with van der Waals surface area (Å²) in [4.78, 5) is 9.73. The van der Waals surface area contributed by atoms with Gasteiger partial charge in [-0.3, -0.25) is 9.89 Å². The number of aliphatic imine (C=N–C) groups is 1. The molecule has 1 heterocycles. The molecule has 1 saturated heterocycles. The summed E-state index contributed by atoms with van der Waals surface area (Å²) in [6.45, 7) is 16.3. The highest BCUT2D eigenvalue weighted by Gasteiger charge is 2.22. The number of nitrogens with zero attached hydrogens (tertiary/aromatic N) is 3. The molecule has 0 spiro atoms. The summed E-state index contributed by atoms with van der Waals surface area (Å²) in [5, 5.41) is 3.46. The lowest BCUT2D eigenvalue weighted by atomic mass is 10.1. The van der Waals surface area contributed by atoms with Gasteiger partial charge in [-0.25, -0.2) is 0 Å². The van der Waals surface area contributed by atoms with Gasteiger partial charge in [0.2, 0.25) is 0 Å². The largest absolute Gasteiger partial charge is 0.385 e. The predicted molar refractivity (Wildman–Crippen MR) is 105 cm³/mol. The van der Waals surface area contributed by atoms with Crippen LogP contribution < -0.4 is 5.32 Å². The van der Waals surface area contributed by atoms with E-state index in [1.54, 1.807) is 7.11 Å². The maximum atomic E-state index is 5.96. The Kier molecular flexibility index (Phi) is 11.9. The molecule has 0 aromatic rings. The van der Waals surface area contributed by atoms with E-state index in [2.05, 4.69) is 42.8 Å². The summed E-state index contributed by atoms with van der Waals surface area (Å²) in [5.41, 5.74) is 0. The molecule has 1 fully saturated rings. The standard InChI is InChI=1S/C19H40N4O2/c1-6-20-19(21-16-17(4)22(7-2)8-3)23-12-10-18(11-13-23)25-15-9-14-24-5/h17-18H,6-16H2,1-5H3,(H,20,21). The van der Waals surface area contributed by atoms with Gasteiger partial charge in [0.1, 0.15) is 0 Å². The topological polar surface area (TPSA) is 49.3 Å². The van der Waals surface area contributed by atoms with Gasteiger partial charge in [-0.2, -0.15) is 0 Å². The molecule has 0 bridgehead atoms. The number of likely N-dealkylation sites (tertiary alicyclic amines) is 1. The van der Waals surface area contributed by atoms with Gasteiger partial charge in [-0.15, -0.1) is 0 Å². The van der Waals surface area contributed by atoms with Crippen molar-refractivity contribution in [1.82, 2.24) is 15.1 Å². The Morgan fingerprint density at radius 3 is 2.44 bits per heavy atom. The number of methoxy groups -OCH3 is 1. The van der Waals surface area contributed by atoms with Crippen LogP contribution in [-0.4, -0.2) is 87.5 Å². The van der Waals surface area contributed by atoms with Crippen LogP contribution in [0.1, 0.15) is 47.0 Å². The van der Waals surface area contributed by atoms with Crippen molar-refractivity contribution < 1.29 is 9.47 Å². The van der Waals surface area contributed by atoms with Gasteiger partial charge in [0.25, 0.3) is 0 Å². The molecular formula is C19H40N4O2. The minimum Gasteiger partial charge on any atom is -0.385 e. The fourth-order valence-corrected chi connectivity index (χ4v) is 3.29. The Balaban J connectivity index is 2.45. The quantitative estimate of drug-likeness (QED) is 0.349. The average Bonchev–Trinajstić information content (AvgIpc) is 2.64. The third-order valence-electron chi connectivity index (χ3n) is 4.86. The highest BCUT2D eigenvalue weighted by atomic mass is 16.5. The van der Waals surface area contributed by atoms with E-state index in [4.69, 9.17) is 14.5 Å². The van der Waals surface area contributed by atoms with Gasteiger partial charge in [-0.05, 0) is 46.2 Å². The van der Waals surface area contributed by atoms with Crippen LogP contribution in [0, 0.1) is 0 Å². The van der Waals surface area contributed by atoms with E-state index in [9.17, 15) is 0 Å². The van der Waals surface area contributed by atoms with Crippen molar-refractivity contribution in [1.29, 1.82) is 0 Å².